The first kappa shape index (κ1) is 26.0. The molecule has 0 saturated heterocycles. The van der Waals surface area contributed by atoms with Gasteiger partial charge in [-0.15, -0.1) is 0 Å². The van der Waals surface area contributed by atoms with Crippen LogP contribution in [0.5, 0.6) is 0 Å². The van der Waals surface area contributed by atoms with Crippen molar-refractivity contribution in [3.8, 4) is 0 Å². The molecule has 0 fully saturated rings. The predicted molar refractivity (Wildman–Crippen MR) is 144 cm³/mol. The molecule has 0 saturated carbocycles. The molecule has 0 bridgehead atoms. The van der Waals surface area contributed by atoms with Crippen molar-refractivity contribution in [1.29, 1.82) is 0 Å². The molecule has 1 heterocycles. The topological polar surface area (TPSA) is 70.6 Å². The maximum atomic E-state index is 13.8. The molecule has 9 heteroatoms. The van der Waals surface area contributed by atoms with Gasteiger partial charge in [0, 0.05) is 21.5 Å². The fraction of sp³-hybridized carbons (Fsp3) is 0.269. The molecular weight excluding hydrogens is 525 g/mol. The number of sulfonamides is 1. The largest absolute Gasteiger partial charge is 0.302 e. The van der Waals surface area contributed by atoms with Crippen LogP contribution in [-0.2, 0) is 10.0 Å². The highest BCUT2D eigenvalue weighted by Crippen LogP contribution is 2.35. The Morgan fingerprint density at radius 3 is 2.11 bits per heavy atom. The Hall–Kier alpha value is -2.09. The fourth-order valence-electron chi connectivity index (χ4n) is 4.38. The molecule has 3 aromatic carbocycles. The third-order valence-electron chi connectivity index (χ3n) is 6.50. The van der Waals surface area contributed by atoms with Crippen molar-refractivity contribution in [2.45, 2.75) is 51.1 Å². The van der Waals surface area contributed by atoms with E-state index < -0.39 is 16.1 Å². The fourth-order valence-corrected chi connectivity index (χ4v) is 6.84. The van der Waals surface area contributed by atoms with Crippen LogP contribution in [0.25, 0.3) is 0 Å². The summed E-state index contributed by atoms with van der Waals surface area (Å²) in [6, 6.07) is 13.6. The molecule has 0 aromatic heterocycles. The van der Waals surface area contributed by atoms with Crippen molar-refractivity contribution < 1.29 is 8.42 Å². The Labute approximate surface area is 221 Å². The van der Waals surface area contributed by atoms with Crippen LogP contribution in [0.2, 0.25) is 15.1 Å². The number of nitrogens with one attached hydrogen (secondary N) is 2. The molecule has 3 aromatic rings. The normalized spacial score (nSPS) is 16.7. The lowest BCUT2D eigenvalue weighted by Crippen LogP contribution is -2.34. The van der Waals surface area contributed by atoms with Gasteiger partial charge in [0.1, 0.15) is 0 Å². The zero-order chi connectivity index (χ0) is 25.5. The number of benzene rings is 3. The highest BCUT2D eigenvalue weighted by atomic mass is 35.5. The van der Waals surface area contributed by atoms with E-state index in [-0.39, 0.29) is 10.9 Å². The quantitative estimate of drug-likeness (QED) is 0.347. The van der Waals surface area contributed by atoms with Crippen LogP contribution in [0.4, 0.5) is 0 Å². The monoisotopic (exact) mass is 549 g/mol. The van der Waals surface area contributed by atoms with Gasteiger partial charge >= 0.3 is 0 Å². The Kier molecular flexibility index (Phi) is 7.51. The summed E-state index contributed by atoms with van der Waals surface area (Å²) in [7, 11) is -3.93. The Balaban J connectivity index is 1.75. The van der Waals surface area contributed by atoms with Crippen molar-refractivity contribution in [2.24, 2.45) is 5.10 Å². The third-order valence-corrected chi connectivity index (χ3v) is 9.01. The maximum absolute atomic E-state index is 13.8. The van der Waals surface area contributed by atoms with E-state index in [2.05, 4.69) is 15.2 Å². The Bertz CT molecular complexity index is 1390. The number of halogens is 3. The van der Waals surface area contributed by atoms with Gasteiger partial charge in [0.05, 0.1) is 22.7 Å². The predicted octanol–water partition coefficient (Wildman–Crippen LogP) is 6.99. The van der Waals surface area contributed by atoms with E-state index in [1.807, 2.05) is 58.0 Å². The molecule has 0 radical (unpaired) electrons. The van der Waals surface area contributed by atoms with Crippen molar-refractivity contribution in [3.05, 3.63) is 97.0 Å². The number of nitrogens with zero attached hydrogens (tertiary/aromatic N) is 1. The van der Waals surface area contributed by atoms with E-state index in [4.69, 9.17) is 34.8 Å². The summed E-state index contributed by atoms with van der Waals surface area (Å²) in [6.07, 6.45) is 0.485. The van der Waals surface area contributed by atoms with Crippen molar-refractivity contribution in [3.63, 3.8) is 0 Å². The van der Waals surface area contributed by atoms with Crippen LogP contribution in [-0.4, -0.2) is 14.1 Å². The van der Waals surface area contributed by atoms with Gasteiger partial charge in [-0.3, -0.25) is 0 Å². The number of hydrogen-bond acceptors (Lipinski definition) is 4. The van der Waals surface area contributed by atoms with Crippen LogP contribution in [0.15, 0.2) is 58.5 Å². The molecule has 5 nitrogen and oxygen atoms in total. The number of hydrogen-bond donors (Lipinski definition) is 2. The second-order valence-electron chi connectivity index (χ2n) is 8.85. The average molecular weight is 551 g/mol. The van der Waals surface area contributed by atoms with E-state index in [1.54, 1.807) is 18.2 Å². The van der Waals surface area contributed by atoms with Gasteiger partial charge in [0.25, 0.3) is 0 Å². The van der Waals surface area contributed by atoms with E-state index in [0.717, 1.165) is 16.7 Å². The minimum Gasteiger partial charge on any atom is -0.302 e. The van der Waals surface area contributed by atoms with Gasteiger partial charge in [-0.05, 0) is 85.3 Å². The van der Waals surface area contributed by atoms with Crippen molar-refractivity contribution in [1.82, 2.24) is 10.1 Å². The maximum Gasteiger partial charge on any atom is 0.242 e. The van der Waals surface area contributed by atoms with Gasteiger partial charge in [-0.2, -0.15) is 9.82 Å². The molecule has 0 aliphatic carbocycles. The highest BCUT2D eigenvalue weighted by molar-refractivity contribution is 7.89. The molecule has 0 spiro atoms. The zero-order valence-corrected chi connectivity index (χ0v) is 22.9. The highest BCUT2D eigenvalue weighted by Gasteiger charge is 2.33. The first-order valence-electron chi connectivity index (χ1n) is 11.1. The third kappa shape index (κ3) is 5.37. The molecule has 1 aliphatic heterocycles. The Morgan fingerprint density at radius 1 is 0.914 bits per heavy atom. The first-order valence-corrected chi connectivity index (χ1v) is 13.7. The molecule has 2 N–H and O–H groups in total. The molecule has 184 valence electrons. The summed E-state index contributed by atoms with van der Waals surface area (Å²) in [5.74, 6) is 0. The lowest BCUT2D eigenvalue weighted by atomic mass is 9.96. The van der Waals surface area contributed by atoms with Crippen LogP contribution in [0, 0.1) is 27.7 Å². The smallest absolute Gasteiger partial charge is 0.242 e. The SMILES string of the molecule is Cc1cc(C)c(C)c(S(=O)(=O)NC(C2=NNC(c3ccc(Cl)cc3)C2)c2ccc(Cl)cc2Cl)c1C. The number of rotatable bonds is 6. The second-order valence-corrected chi connectivity index (χ2v) is 11.8. The van der Waals surface area contributed by atoms with E-state index in [1.165, 1.54) is 0 Å². The number of aryl methyl sites for hydroxylation is 2. The molecule has 35 heavy (non-hydrogen) atoms. The summed E-state index contributed by atoms with van der Waals surface area (Å²) in [5, 5.41) is 6.00. The zero-order valence-electron chi connectivity index (χ0n) is 19.8. The first-order chi connectivity index (χ1) is 16.5. The lowest BCUT2D eigenvalue weighted by Gasteiger charge is -2.23. The number of hydrazone groups is 1. The summed E-state index contributed by atoms with van der Waals surface area (Å²) in [5.41, 5.74) is 8.59. The van der Waals surface area contributed by atoms with Crippen LogP contribution < -0.4 is 10.1 Å². The Morgan fingerprint density at radius 2 is 1.51 bits per heavy atom. The van der Waals surface area contributed by atoms with Crippen LogP contribution >= 0.6 is 34.8 Å². The minimum absolute atomic E-state index is 0.120. The van der Waals surface area contributed by atoms with Gasteiger partial charge in [0.2, 0.25) is 10.0 Å². The van der Waals surface area contributed by atoms with Crippen LogP contribution in [0.1, 0.15) is 51.9 Å². The van der Waals surface area contributed by atoms with Gasteiger partial charge in [-0.1, -0.05) is 59.1 Å². The average Bonchev–Trinajstić information content (AvgIpc) is 3.27. The second kappa shape index (κ2) is 10.1. The van der Waals surface area contributed by atoms with Gasteiger partial charge in [-0.25, -0.2) is 8.42 Å². The van der Waals surface area contributed by atoms with E-state index in [9.17, 15) is 8.42 Å². The summed E-state index contributed by atoms with van der Waals surface area (Å²) < 4.78 is 30.5. The summed E-state index contributed by atoms with van der Waals surface area (Å²) in [6.45, 7) is 7.48. The summed E-state index contributed by atoms with van der Waals surface area (Å²) >= 11 is 18.7. The van der Waals surface area contributed by atoms with Crippen molar-refractivity contribution in [2.75, 3.05) is 0 Å². The van der Waals surface area contributed by atoms with E-state index in [0.29, 0.717) is 43.9 Å². The molecule has 1 aliphatic rings. The lowest BCUT2D eigenvalue weighted by molar-refractivity contribution is 0.574. The minimum atomic E-state index is -3.93. The molecule has 4 rings (SSSR count). The van der Waals surface area contributed by atoms with Gasteiger partial charge < -0.3 is 5.43 Å². The van der Waals surface area contributed by atoms with Crippen molar-refractivity contribution >= 4 is 50.5 Å². The molecule has 2 atom stereocenters. The molecular formula is C26H26Cl3N3O2S. The van der Waals surface area contributed by atoms with E-state index >= 15 is 0 Å². The molecule has 2 unspecified atom stereocenters. The summed E-state index contributed by atoms with van der Waals surface area (Å²) in [4.78, 5) is 0.283. The van der Waals surface area contributed by atoms with Crippen LogP contribution in [0.3, 0.4) is 0 Å². The standard InChI is InChI=1S/C26H26Cl3N3O2S/c1-14-11-15(2)17(4)26(16(14)3)35(33,34)32-25(21-10-9-20(28)12-22(21)29)24-13-23(30-31-24)18-5-7-19(27)8-6-18/h5-12,23,25,30,32H,13H2,1-4H3. The van der Waals surface area contributed by atoms with Gasteiger partial charge in [0.15, 0.2) is 0 Å². The molecule has 0 amide bonds.